The minimum Gasteiger partial charge on any atom is -0.506 e. The van der Waals surface area contributed by atoms with E-state index in [9.17, 15) is 9.90 Å². The van der Waals surface area contributed by atoms with Crippen LogP contribution >= 0.6 is 11.8 Å². The molecule has 2 aromatic heterocycles. The lowest BCUT2D eigenvalue weighted by atomic mass is 10.3. The van der Waals surface area contributed by atoms with Crippen LogP contribution in [0.3, 0.4) is 0 Å². The number of para-hydroxylation sites is 2. The van der Waals surface area contributed by atoms with E-state index in [2.05, 4.69) is 20.5 Å². The number of aromatic nitrogens is 3. The standard InChI is InChI=1S/C15H12N4O3S/c20-12-7-2-1-5-10(12)17-13(21)9-23-15-19-18-14(22-15)11-6-3-4-8-16-11/h1-8,20H,9H2,(H,17,21). The zero-order valence-electron chi connectivity index (χ0n) is 11.8. The molecule has 0 bridgehead atoms. The number of pyridine rings is 1. The summed E-state index contributed by atoms with van der Waals surface area (Å²) in [6.07, 6.45) is 1.63. The van der Waals surface area contributed by atoms with Crippen LogP contribution in [0.4, 0.5) is 5.69 Å². The molecule has 116 valence electrons. The molecule has 8 heteroatoms. The summed E-state index contributed by atoms with van der Waals surface area (Å²) in [5.74, 6) is 0.113. The number of rotatable bonds is 5. The van der Waals surface area contributed by atoms with E-state index in [0.29, 0.717) is 17.3 Å². The van der Waals surface area contributed by atoms with Crippen LogP contribution in [-0.4, -0.2) is 31.9 Å². The molecule has 0 saturated heterocycles. The highest BCUT2D eigenvalue weighted by atomic mass is 32.2. The zero-order valence-corrected chi connectivity index (χ0v) is 12.7. The van der Waals surface area contributed by atoms with Crippen molar-refractivity contribution >= 4 is 23.4 Å². The lowest BCUT2D eigenvalue weighted by Crippen LogP contribution is -2.14. The quantitative estimate of drug-likeness (QED) is 0.548. The number of anilines is 1. The first-order chi connectivity index (χ1) is 11.2. The molecule has 2 N–H and O–H groups in total. The molecule has 0 spiro atoms. The number of aromatic hydroxyl groups is 1. The third-order valence-electron chi connectivity index (χ3n) is 2.80. The van der Waals surface area contributed by atoms with E-state index in [1.807, 2.05) is 6.07 Å². The number of nitrogens with one attached hydrogen (secondary N) is 1. The largest absolute Gasteiger partial charge is 0.506 e. The van der Waals surface area contributed by atoms with Crippen LogP contribution < -0.4 is 5.32 Å². The van der Waals surface area contributed by atoms with E-state index in [4.69, 9.17) is 4.42 Å². The van der Waals surface area contributed by atoms with Crippen LogP contribution in [0.5, 0.6) is 5.75 Å². The van der Waals surface area contributed by atoms with Crippen molar-refractivity contribution in [2.45, 2.75) is 5.22 Å². The van der Waals surface area contributed by atoms with Crippen LogP contribution in [0.2, 0.25) is 0 Å². The average Bonchev–Trinajstić information content (AvgIpc) is 3.05. The Balaban J connectivity index is 1.58. The molecule has 1 amide bonds. The molecular weight excluding hydrogens is 316 g/mol. The molecule has 2 heterocycles. The Kier molecular flexibility index (Phi) is 4.53. The second kappa shape index (κ2) is 6.93. The van der Waals surface area contributed by atoms with E-state index in [0.717, 1.165) is 11.8 Å². The number of amides is 1. The van der Waals surface area contributed by atoms with Gasteiger partial charge in [0.05, 0.1) is 11.4 Å². The Hall–Kier alpha value is -2.87. The van der Waals surface area contributed by atoms with E-state index in [-0.39, 0.29) is 22.6 Å². The van der Waals surface area contributed by atoms with Crippen molar-refractivity contribution in [3.63, 3.8) is 0 Å². The molecule has 0 radical (unpaired) electrons. The molecule has 0 saturated carbocycles. The predicted molar refractivity (Wildman–Crippen MR) is 85.0 cm³/mol. The number of hydrogen-bond acceptors (Lipinski definition) is 7. The highest BCUT2D eigenvalue weighted by molar-refractivity contribution is 7.99. The Morgan fingerprint density at radius 1 is 1.17 bits per heavy atom. The van der Waals surface area contributed by atoms with Crippen molar-refractivity contribution in [2.75, 3.05) is 11.1 Å². The van der Waals surface area contributed by atoms with Crippen LogP contribution in [0, 0.1) is 0 Å². The maximum atomic E-state index is 11.9. The summed E-state index contributed by atoms with van der Waals surface area (Å²) in [5.41, 5.74) is 0.934. The summed E-state index contributed by atoms with van der Waals surface area (Å²) in [4.78, 5) is 16.0. The normalized spacial score (nSPS) is 10.4. The monoisotopic (exact) mass is 328 g/mol. The summed E-state index contributed by atoms with van der Waals surface area (Å²) in [6, 6.07) is 11.9. The minimum atomic E-state index is -0.283. The van der Waals surface area contributed by atoms with Crippen molar-refractivity contribution in [1.29, 1.82) is 0 Å². The molecule has 1 aromatic carbocycles. The molecule has 3 rings (SSSR count). The second-order valence-corrected chi connectivity index (χ2v) is 5.37. The van der Waals surface area contributed by atoms with Crippen molar-refractivity contribution in [3.8, 4) is 17.3 Å². The first-order valence-electron chi connectivity index (χ1n) is 6.68. The minimum absolute atomic E-state index is 0.0149. The van der Waals surface area contributed by atoms with Crippen LogP contribution in [0.25, 0.3) is 11.6 Å². The van der Waals surface area contributed by atoms with Crippen LogP contribution in [-0.2, 0) is 4.79 Å². The molecule has 0 atom stereocenters. The summed E-state index contributed by atoms with van der Waals surface area (Å²) < 4.78 is 5.44. The summed E-state index contributed by atoms with van der Waals surface area (Å²) in [6.45, 7) is 0. The fourth-order valence-corrected chi connectivity index (χ4v) is 2.32. The summed E-state index contributed by atoms with van der Waals surface area (Å²) >= 11 is 1.11. The summed E-state index contributed by atoms with van der Waals surface area (Å²) in [5, 5.41) is 20.2. The fourth-order valence-electron chi connectivity index (χ4n) is 1.75. The SMILES string of the molecule is O=C(CSc1nnc(-c2ccccn2)o1)Nc1ccccc1O. The number of carbonyl (C=O) groups excluding carboxylic acids is 1. The third-order valence-corrected chi connectivity index (χ3v) is 3.61. The molecule has 3 aromatic rings. The third kappa shape index (κ3) is 3.86. The Bertz CT molecular complexity index is 807. The van der Waals surface area contributed by atoms with E-state index >= 15 is 0 Å². The van der Waals surface area contributed by atoms with Gasteiger partial charge in [0.25, 0.3) is 11.1 Å². The first-order valence-corrected chi connectivity index (χ1v) is 7.66. The Morgan fingerprint density at radius 3 is 2.78 bits per heavy atom. The second-order valence-electron chi connectivity index (χ2n) is 4.44. The topological polar surface area (TPSA) is 101 Å². The predicted octanol–water partition coefficient (Wildman–Crippen LogP) is 2.57. The number of benzene rings is 1. The van der Waals surface area contributed by atoms with E-state index < -0.39 is 0 Å². The highest BCUT2D eigenvalue weighted by Gasteiger charge is 2.12. The fraction of sp³-hybridized carbons (Fsp3) is 0.0667. The summed E-state index contributed by atoms with van der Waals surface area (Å²) in [7, 11) is 0. The Labute approximate surface area is 135 Å². The van der Waals surface area contributed by atoms with Gasteiger partial charge in [-0.05, 0) is 24.3 Å². The zero-order chi connectivity index (χ0) is 16.1. The Morgan fingerprint density at radius 2 is 2.00 bits per heavy atom. The smallest absolute Gasteiger partial charge is 0.277 e. The maximum absolute atomic E-state index is 11.9. The molecular formula is C15H12N4O3S. The van der Waals surface area contributed by atoms with Gasteiger partial charge in [0.15, 0.2) is 0 Å². The lowest BCUT2D eigenvalue weighted by Gasteiger charge is -2.05. The number of phenols is 1. The van der Waals surface area contributed by atoms with Gasteiger partial charge in [-0.1, -0.05) is 30.0 Å². The van der Waals surface area contributed by atoms with Crippen molar-refractivity contribution < 1.29 is 14.3 Å². The lowest BCUT2D eigenvalue weighted by molar-refractivity contribution is -0.113. The van der Waals surface area contributed by atoms with Gasteiger partial charge >= 0.3 is 0 Å². The average molecular weight is 328 g/mol. The van der Waals surface area contributed by atoms with Crippen molar-refractivity contribution in [3.05, 3.63) is 48.7 Å². The first kappa shape index (κ1) is 15.0. The van der Waals surface area contributed by atoms with E-state index in [1.165, 1.54) is 6.07 Å². The van der Waals surface area contributed by atoms with Gasteiger partial charge in [-0.25, -0.2) is 0 Å². The number of hydrogen-bond donors (Lipinski definition) is 2. The molecule has 7 nitrogen and oxygen atoms in total. The van der Waals surface area contributed by atoms with Crippen molar-refractivity contribution in [1.82, 2.24) is 15.2 Å². The van der Waals surface area contributed by atoms with Gasteiger partial charge in [0.2, 0.25) is 5.91 Å². The number of nitrogens with zero attached hydrogens (tertiary/aromatic N) is 3. The molecule has 0 unspecified atom stereocenters. The number of phenolic OH excluding ortho intramolecular Hbond substituents is 1. The van der Waals surface area contributed by atoms with Gasteiger partial charge < -0.3 is 14.8 Å². The highest BCUT2D eigenvalue weighted by Crippen LogP contribution is 2.24. The molecule has 0 aliphatic carbocycles. The molecule has 0 aliphatic heterocycles. The van der Waals surface area contributed by atoms with Gasteiger partial charge in [-0.15, -0.1) is 10.2 Å². The molecule has 23 heavy (non-hydrogen) atoms. The van der Waals surface area contributed by atoms with Gasteiger partial charge in [0, 0.05) is 6.20 Å². The van der Waals surface area contributed by atoms with E-state index in [1.54, 1.807) is 36.5 Å². The van der Waals surface area contributed by atoms with Crippen molar-refractivity contribution in [2.24, 2.45) is 0 Å². The van der Waals surface area contributed by atoms with Crippen LogP contribution in [0.15, 0.2) is 58.3 Å². The molecule has 0 fully saturated rings. The molecule has 0 aliphatic rings. The van der Waals surface area contributed by atoms with Gasteiger partial charge in [-0.2, -0.15) is 0 Å². The maximum Gasteiger partial charge on any atom is 0.277 e. The van der Waals surface area contributed by atoms with Crippen LogP contribution in [0.1, 0.15) is 0 Å². The number of thioether (sulfide) groups is 1. The van der Waals surface area contributed by atoms with Gasteiger partial charge in [0.1, 0.15) is 11.4 Å². The number of carbonyl (C=O) groups is 1. The van der Waals surface area contributed by atoms with Gasteiger partial charge in [-0.3, -0.25) is 9.78 Å².